The molecule has 0 bridgehead atoms. The number of benzene rings is 1. The number of nitrogens with two attached hydrogens (primary N) is 1. The fourth-order valence-corrected chi connectivity index (χ4v) is 3.28. The zero-order chi connectivity index (χ0) is 22.7. The molecule has 0 atom stereocenters. The van der Waals surface area contributed by atoms with Gasteiger partial charge in [-0.05, 0) is 18.2 Å². The van der Waals surface area contributed by atoms with Gasteiger partial charge in [-0.2, -0.15) is 5.11 Å². The first kappa shape index (κ1) is 20.8. The molecule has 0 spiro atoms. The average molecular weight is 436 g/mol. The standard InChI is InChI=1S/C21H18F2N8O/c1-32-21-14(6-12(22)7-27-21)15-10-31(20-18(15)19(24)28-11-29-20)9-13(30-25)8-26-17-5-3-2-4-16(17)23/h2-8,10-11,25-26H,9H2,1H3,(H2,24,28,29)/b13-8-,30-25?. The van der Waals surface area contributed by atoms with Crippen molar-refractivity contribution in [2.75, 3.05) is 18.2 Å². The molecule has 0 aliphatic rings. The molecule has 32 heavy (non-hydrogen) atoms. The molecule has 0 radical (unpaired) electrons. The van der Waals surface area contributed by atoms with E-state index in [9.17, 15) is 8.78 Å². The summed E-state index contributed by atoms with van der Waals surface area (Å²) in [6, 6.07) is 7.42. The number of pyridine rings is 1. The quantitative estimate of drug-likeness (QED) is 0.370. The van der Waals surface area contributed by atoms with E-state index in [4.69, 9.17) is 16.0 Å². The third kappa shape index (κ3) is 3.95. The normalized spacial score (nSPS) is 11.5. The number of rotatable bonds is 7. The smallest absolute Gasteiger partial charge is 0.221 e. The third-order valence-electron chi connectivity index (χ3n) is 4.73. The van der Waals surface area contributed by atoms with Crippen molar-refractivity contribution in [3.8, 4) is 17.0 Å². The molecule has 4 N–H and O–H groups in total. The number of aromatic nitrogens is 4. The minimum absolute atomic E-state index is 0.100. The number of ether oxygens (including phenoxy) is 1. The maximum atomic E-state index is 14.0. The van der Waals surface area contributed by atoms with Gasteiger partial charge in [-0.25, -0.2) is 29.3 Å². The number of allylic oxidation sites excluding steroid dienone is 1. The molecule has 3 heterocycles. The van der Waals surface area contributed by atoms with Gasteiger partial charge in [-0.3, -0.25) is 0 Å². The molecule has 4 aromatic rings. The predicted molar refractivity (Wildman–Crippen MR) is 115 cm³/mol. The van der Waals surface area contributed by atoms with Gasteiger partial charge in [0.2, 0.25) is 5.88 Å². The Labute approximate surface area is 181 Å². The second-order valence-corrected chi connectivity index (χ2v) is 6.71. The van der Waals surface area contributed by atoms with Crippen molar-refractivity contribution in [1.29, 1.82) is 5.53 Å². The van der Waals surface area contributed by atoms with Crippen LogP contribution in [0.4, 0.5) is 20.3 Å². The fourth-order valence-electron chi connectivity index (χ4n) is 3.28. The summed E-state index contributed by atoms with van der Waals surface area (Å²) in [6.07, 6.45) is 5.45. The number of hydrogen-bond donors (Lipinski definition) is 3. The van der Waals surface area contributed by atoms with Gasteiger partial charge in [0.1, 0.15) is 29.4 Å². The topological polar surface area (TPSA) is 127 Å². The molecule has 11 heteroatoms. The second-order valence-electron chi connectivity index (χ2n) is 6.71. The van der Waals surface area contributed by atoms with Gasteiger partial charge in [0, 0.05) is 23.5 Å². The summed E-state index contributed by atoms with van der Waals surface area (Å²) < 4.78 is 34.8. The van der Waals surface area contributed by atoms with Crippen LogP contribution in [0.2, 0.25) is 0 Å². The predicted octanol–water partition coefficient (Wildman–Crippen LogP) is 4.35. The van der Waals surface area contributed by atoms with E-state index in [1.165, 1.54) is 31.8 Å². The lowest BCUT2D eigenvalue weighted by Crippen LogP contribution is -2.02. The van der Waals surface area contributed by atoms with Crippen LogP contribution in [-0.4, -0.2) is 26.6 Å². The molecule has 0 saturated heterocycles. The highest BCUT2D eigenvalue weighted by Gasteiger charge is 2.20. The van der Waals surface area contributed by atoms with E-state index < -0.39 is 11.6 Å². The summed E-state index contributed by atoms with van der Waals surface area (Å²) in [5, 5.41) is 6.80. The van der Waals surface area contributed by atoms with Gasteiger partial charge in [0.15, 0.2) is 0 Å². The van der Waals surface area contributed by atoms with Crippen LogP contribution in [0.25, 0.3) is 22.2 Å². The minimum Gasteiger partial charge on any atom is -0.481 e. The van der Waals surface area contributed by atoms with E-state index in [0.717, 1.165) is 6.20 Å². The van der Waals surface area contributed by atoms with E-state index >= 15 is 0 Å². The number of nitrogens with one attached hydrogen (secondary N) is 2. The number of para-hydroxylation sites is 1. The van der Waals surface area contributed by atoms with E-state index in [2.05, 4.69) is 25.4 Å². The Kier molecular flexibility index (Phi) is 5.71. The van der Waals surface area contributed by atoms with Crippen molar-refractivity contribution >= 4 is 22.5 Å². The lowest BCUT2D eigenvalue weighted by molar-refractivity contribution is 0.398. The van der Waals surface area contributed by atoms with E-state index in [0.29, 0.717) is 22.2 Å². The molecule has 162 valence electrons. The minimum atomic E-state index is -0.548. The Morgan fingerprint density at radius 3 is 2.81 bits per heavy atom. The lowest BCUT2D eigenvalue weighted by atomic mass is 10.1. The summed E-state index contributed by atoms with van der Waals surface area (Å²) in [4.78, 5) is 12.3. The largest absolute Gasteiger partial charge is 0.481 e. The van der Waals surface area contributed by atoms with E-state index in [1.807, 2.05) is 0 Å². The van der Waals surface area contributed by atoms with E-state index in [1.54, 1.807) is 29.0 Å². The molecule has 4 rings (SSSR count). The molecule has 0 saturated carbocycles. The van der Waals surface area contributed by atoms with Gasteiger partial charge in [-0.1, -0.05) is 12.1 Å². The van der Waals surface area contributed by atoms with Crippen LogP contribution in [0.1, 0.15) is 0 Å². The summed E-state index contributed by atoms with van der Waals surface area (Å²) in [5.41, 5.74) is 15.5. The zero-order valence-electron chi connectivity index (χ0n) is 16.9. The van der Waals surface area contributed by atoms with Crippen molar-refractivity contribution in [3.05, 3.63) is 72.6 Å². The fraction of sp³-hybridized carbons (Fsp3) is 0.0952. The summed E-state index contributed by atoms with van der Waals surface area (Å²) in [5.74, 6) is -0.593. The van der Waals surface area contributed by atoms with Crippen LogP contribution in [0.5, 0.6) is 5.88 Å². The number of halogens is 2. The highest BCUT2D eigenvalue weighted by atomic mass is 19.1. The lowest BCUT2D eigenvalue weighted by Gasteiger charge is -2.07. The summed E-state index contributed by atoms with van der Waals surface area (Å²) in [7, 11) is 1.43. The van der Waals surface area contributed by atoms with Gasteiger partial charge in [0.05, 0.1) is 36.6 Å². The molecular formula is C21H18F2N8O. The van der Waals surface area contributed by atoms with Gasteiger partial charge in [-0.15, -0.1) is 0 Å². The SMILES string of the molecule is COc1ncc(F)cc1-c1cn(C/C(=C/Nc2ccccc2F)N=N)c2ncnc(N)c12. The first-order valence-electron chi connectivity index (χ1n) is 9.38. The Morgan fingerprint density at radius 1 is 1.25 bits per heavy atom. The number of hydrogen-bond acceptors (Lipinski definition) is 8. The highest BCUT2D eigenvalue weighted by molar-refractivity contribution is 6.01. The van der Waals surface area contributed by atoms with Crippen LogP contribution in [0, 0.1) is 17.2 Å². The van der Waals surface area contributed by atoms with Crippen LogP contribution in [0.15, 0.2) is 66.1 Å². The average Bonchev–Trinajstić information content (AvgIpc) is 3.17. The number of nitrogens with zero attached hydrogens (tertiary/aromatic N) is 5. The van der Waals surface area contributed by atoms with Crippen LogP contribution in [0.3, 0.4) is 0 Å². The molecular weight excluding hydrogens is 418 g/mol. The maximum absolute atomic E-state index is 14.0. The Morgan fingerprint density at radius 2 is 2.06 bits per heavy atom. The van der Waals surface area contributed by atoms with Crippen molar-refractivity contribution in [2.24, 2.45) is 5.11 Å². The first-order chi connectivity index (χ1) is 15.5. The van der Waals surface area contributed by atoms with Gasteiger partial charge in [0.25, 0.3) is 0 Å². The van der Waals surface area contributed by atoms with Crippen LogP contribution in [-0.2, 0) is 6.54 Å². The van der Waals surface area contributed by atoms with Crippen molar-refractivity contribution < 1.29 is 13.5 Å². The van der Waals surface area contributed by atoms with E-state index in [-0.39, 0.29) is 29.6 Å². The molecule has 1 aromatic carbocycles. The number of anilines is 2. The number of methoxy groups -OCH3 is 1. The molecule has 3 aromatic heterocycles. The third-order valence-corrected chi connectivity index (χ3v) is 4.73. The van der Waals surface area contributed by atoms with Gasteiger partial charge >= 0.3 is 0 Å². The zero-order valence-corrected chi connectivity index (χ0v) is 16.9. The molecule has 0 unspecified atom stereocenters. The first-order valence-corrected chi connectivity index (χ1v) is 9.38. The molecule has 0 amide bonds. The van der Waals surface area contributed by atoms with Crippen molar-refractivity contribution in [1.82, 2.24) is 19.5 Å². The molecule has 0 fully saturated rings. The Hall–Kier alpha value is -4.41. The summed E-state index contributed by atoms with van der Waals surface area (Å²) in [6.45, 7) is 0.100. The Balaban J connectivity index is 1.78. The number of nitrogen functional groups attached to an aromatic ring is 1. The summed E-state index contributed by atoms with van der Waals surface area (Å²) >= 11 is 0. The molecule has 9 nitrogen and oxygen atoms in total. The van der Waals surface area contributed by atoms with Crippen LogP contribution < -0.4 is 15.8 Å². The maximum Gasteiger partial charge on any atom is 0.221 e. The highest BCUT2D eigenvalue weighted by Crippen LogP contribution is 2.37. The van der Waals surface area contributed by atoms with Crippen molar-refractivity contribution in [3.63, 3.8) is 0 Å². The number of fused-ring (bicyclic) bond motifs is 1. The molecule has 0 aliphatic carbocycles. The Bertz CT molecular complexity index is 1330. The molecule has 0 aliphatic heterocycles. The van der Waals surface area contributed by atoms with Crippen LogP contribution >= 0.6 is 0 Å². The second kappa shape index (κ2) is 8.76. The van der Waals surface area contributed by atoms with Crippen molar-refractivity contribution in [2.45, 2.75) is 6.54 Å². The monoisotopic (exact) mass is 436 g/mol. The van der Waals surface area contributed by atoms with Gasteiger partial charge < -0.3 is 20.4 Å².